The van der Waals surface area contributed by atoms with Gasteiger partial charge in [-0.1, -0.05) is 91.0 Å². The van der Waals surface area contributed by atoms with Crippen LogP contribution in [0.2, 0.25) is 0 Å². The maximum Gasteiger partial charge on any atom is 0.143 e. The number of furan rings is 1. The third kappa shape index (κ3) is 3.29. The minimum absolute atomic E-state index is 0.734. The molecule has 0 radical (unpaired) electrons. The number of hydrogen-bond acceptors (Lipinski definition) is 2. The van der Waals surface area contributed by atoms with Crippen LogP contribution in [0.3, 0.4) is 0 Å². The fourth-order valence-electron chi connectivity index (χ4n) is 3.82. The summed E-state index contributed by atoms with van der Waals surface area (Å²) < 4.78 is 6.63. The van der Waals surface area contributed by atoms with Crippen LogP contribution in [0, 0.1) is 0 Å². The maximum atomic E-state index is 6.63. The lowest BCUT2D eigenvalue weighted by Gasteiger charge is -2.08. The molecule has 0 fully saturated rings. The summed E-state index contributed by atoms with van der Waals surface area (Å²) in [4.78, 5) is 0. The van der Waals surface area contributed by atoms with E-state index in [0.717, 1.165) is 50.6 Å². The average Bonchev–Trinajstić information content (AvgIpc) is 3.22. The van der Waals surface area contributed by atoms with Crippen LogP contribution in [-0.4, -0.2) is 0 Å². The number of nitrogens with two attached hydrogens (primary N) is 1. The Morgan fingerprint density at radius 1 is 0.400 bits per heavy atom. The van der Waals surface area contributed by atoms with Crippen molar-refractivity contribution in [3.8, 4) is 44.9 Å². The normalized spacial score (nSPS) is 10.8. The second-order valence-electron chi connectivity index (χ2n) is 7.23. The number of anilines is 1. The Kier molecular flexibility index (Phi) is 4.66. The lowest BCUT2D eigenvalue weighted by molar-refractivity contribution is 0.599. The summed E-state index contributed by atoms with van der Waals surface area (Å²) in [6.45, 7) is 0. The van der Waals surface area contributed by atoms with E-state index in [0.29, 0.717) is 0 Å². The highest BCUT2D eigenvalue weighted by atomic mass is 16.3. The van der Waals surface area contributed by atoms with Gasteiger partial charge in [-0.15, -0.1) is 0 Å². The van der Waals surface area contributed by atoms with Crippen molar-refractivity contribution in [2.24, 2.45) is 0 Å². The zero-order valence-corrected chi connectivity index (χ0v) is 16.5. The molecule has 0 unspecified atom stereocenters. The third-order valence-electron chi connectivity index (χ3n) is 5.24. The summed E-state index contributed by atoms with van der Waals surface area (Å²) in [7, 11) is 0. The predicted octanol–water partition coefficient (Wildman–Crippen LogP) is 7.53. The lowest BCUT2D eigenvalue weighted by atomic mass is 9.91. The Labute approximate surface area is 176 Å². The van der Waals surface area contributed by atoms with E-state index in [9.17, 15) is 0 Å². The molecule has 0 aliphatic carbocycles. The SMILES string of the molecule is Nc1ccc(-c2oc(-c3ccccc3)c(-c3ccccc3)c2-c2ccccc2)cc1. The summed E-state index contributed by atoms with van der Waals surface area (Å²) in [6, 6.07) is 39.0. The van der Waals surface area contributed by atoms with E-state index in [4.69, 9.17) is 10.2 Å². The molecule has 5 aromatic rings. The summed E-state index contributed by atoms with van der Waals surface area (Å²) in [6.07, 6.45) is 0. The Morgan fingerprint density at radius 3 is 1.20 bits per heavy atom. The van der Waals surface area contributed by atoms with E-state index in [1.54, 1.807) is 0 Å². The molecule has 0 saturated carbocycles. The molecule has 0 atom stereocenters. The first kappa shape index (κ1) is 18.0. The van der Waals surface area contributed by atoms with Crippen molar-refractivity contribution in [2.75, 3.05) is 5.73 Å². The van der Waals surface area contributed by atoms with Crippen LogP contribution in [0.25, 0.3) is 44.9 Å². The van der Waals surface area contributed by atoms with Crippen LogP contribution in [-0.2, 0) is 0 Å². The average molecular weight is 387 g/mol. The van der Waals surface area contributed by atoms with Crippen molar-refractivity contribution < 1.29 is 4.42 Å². The van der Waals surface area contributed by atoms with Crippen molar-refractivity contribution >= 4 is 5.69 Å². The Morgan fingerprint density at radius 2 is 0.767 bits per heavy atom. The van der Waals surface area contributed by atoms with Crippen molar-refractivity contribution in [2.45, 2.75) is 0 Å². The quantitative estimate of drug-likeness (QED) is 0.324. The molecule has 2 heteroatoms. The van der Waals surface area contributed by atoms with Gasteiger partial charge in [0.2, 0.25) is 0 Å². The molecule has 1 heterocycles. The summed E-state index contributed by atoms with van der Waals surface area (Å²) in [5.41, 5.74) is 13.2. The van der Waals surface area contributed by atoms with E-state index in [-0.39, 0.29) is 0 Å². The Bertz CT molecular complexity index is 1260. The molecule has 30 heavy (non-hydrogen) atoms. The molecule has 2 N–H and O–H groups in total. The molecule has 5 rings (SSSR count). The molecule has 1 aromatic heterocycles. The summed E-state index contributed by atoms with van der Waals surface area (Å²) in [5, 5.41) is 0. The van der Waals surface area contributed by atoms with E-state index < -0.39 is 0 Å². The van der Waals surface area contributed by atoms with Gasteiger partial charge in [0.15, 0.2) is 0 Å². The number of hydrogen-bond donors (Lipinski definition) is 1. The highest BCUT2D eigenvalue weighted by Crippen LogP contribution is 2.48. The highest BCUT2D eigenvalue weighted by Gasteiger charge is 2.24. The first-order valence-electron chi connectivity index (χ1n) is 10.0. The molecule has 0 bridgehead atoms. The van der Waals surface area contributed by atoms with Crippen LogP contribution in [0.5, 0.6) is 0 Å². The standard InChI is InChI=1S/C28H21NO/c29-24-18-16-23(17-19-24)28-26(21-12-6-2-7-13-21)25(20-10-4-1-5-11-20)27(30-28)22-14-8-3-9-15-22/h1-19H,29H2. The van der Waals surface area contributed by atoms with Gasteiger partial charge in [-0.3, -0.25) is 0 Å². The zero-order valence-electron chi connectivity index (χ0n) is 16.5. The van der Waals surface area contributed by atoms with Crippen molar-refractivity contribution in [1.29, 1.82) is 0 Å². The molecular formula is C28H21NO. The van der Waals surface area contributed by atoms with Crippen LogP contribution < -0.4 is 5.73 Å². The molecule has 0 aliphatic rings. The fourth-order valence-corrected chi connectivity index (χ4v) is 3.82. The summed E-state index contributed by atoms with van der Waals surface area (Å²) in [5.74, 6) is 1.71. The van der Waals surface area contributed by atoms with Gasteiger partial charge in [0, 0.05) is 27.9 Å². The third-order valence-corrected chi connectivity index (χ3v) is 5.24. The monoisotopic (exact) mass is 387 g/mol. The Hall–Kier alpha value is -4.04. The molecule has 0 saturated heterocycles. The molecular weight excluding hydrogens is 366 g/mol. The minimum Gasteiger partial charge on any atom is -0.455 e. The predicted molar refractivity (Wildman–Crippen MR) is 125 cm³/mol. The number of nitrogen functional groups attached to an aromatic ring is 1. The molecule has 0 aliphatic heterocycles. The van der Waals surface area contributed by atoms with Gasteiger partial charge >= 0.3 is 0 Å². The molecule has 144 valence electrons. The second-order valence-corrected chi connectivity index (χ2v) is 7.23. The molecule has 0 spiro atoms. The van der Waals surface area contributed by atoms with Gasteiger partial charge < -0.3 is 10.2 Å². The Balaban J connectivity index is 1.88. The second kappa shape index (κ2) is 7.76. The highest BCUT2D eigenvalue weighted by molar-refractivity contribution is 5.99. The zero-order chi connectivity index (χ0) is 20.3. The van der Waals surface area contributed by atoms with Crippen LogP contribution in [0.4, 0.5) is 5.69 Å². The van der Waals surface area contributed by atoms with E-state index >= 15 is 0 Å². The molecule has 4 aromatic carbocycles. The number of rotatable bonds is 4. The van der Waals surface area contributed by atoms with Gasteiger partial charge in [-0.05, 0) is 35.4 Å². The van der Waals surface area contributed by atoms with Gasteiger partial charge in [0.05, 0.1) is 0 Å². The maximum absolute atomic E-state index is 6.63. The first-order chi connectivity index (χ1) is 14.8. The van der Waals surface area contributed by atoms with Gasteiger partial charge in [0.25, 0.3) is 0 Å². The fraction of sp³-hybridized carbons (Fsp3) is 0. The van der Waals surface area contributed by atoms with Gasteiger partial charge in [-0.25, -0.2) is 0 Å². The summed E-state index contributed by atoms with van der Waals surface area (Å²) >= 11 is 0. The van der Waals surface area contributed by atoms with Crippen molar-refractivity contribution in [3.63, 3.8) is 0 Å². The lowest BCUT2D eigenvalue weighted by Crippen LogP contribution is -1.86. The van der Waals surface area contributed by atoms with Gasteiger partial charge in [0.1, 0.15) is 11.5 Å². The van der Waals surface area contributed by atoms with E-state index in [2.05, 4.69) is 60.7 Å². The molecule has 2 nitrogen and oxygen atoms in total. The van der Waals surface area contributed by atoms with Crippen LogP contribution in [0.15, 0.2) is 120 Å². The van der Waals surface area contributed by atoms with Crippen molar-refractivity contribution in [1.82, 2.24) is 0 Å². The minimum atomic E-state index is 0.734. The van der Waals surface area contributed by atoms with Crippen LogP contribution >= 0.6 is 0 Å². The van der Waals surface area contributed by atoms with Crippen LogP contribution in [0.1, 0.15) is 0 Å². The molecule has 0 amide bonds. The van der Waals surface area contributed by atoms with Gasteiger partial charge in [-0.2, -0.15) is 0 Å². The van der Waals surface area contributed by atoms with Crippen molar-refractivity contribution in [3.05, 3.63) is 115 Å². The topological polar surface area (TPSA) is 39.2 Å². The smallest absolute Gasteiger partial charge is 0.143 e. The van der Waals surface area contributed by atoms with E-state index in [1.807, 2.05) is 54.6 Å². The van der Waals surface area contributed by atoms with E-state index in [1.165, 1.54) is 0 Å². The largest absolute Gasteiger partial charge is 0.455 e. The number of benzene rings is 4. The first-order valence-corrected chi connectivity index (χ1v) is 10.0.